The van der Waals surface area contributed by atoms with E-state index in [0.29, 0.717) is 0 Å². The molecule has 0 aliphatic heterocycles. The van der Waals surface area contributed by atoms with Crippen LogP contribution >= 0.6 is 0 Å². The normalized spacial score (nSPS) is 12.7. The summed E-state index contributed by atoms with van der Waals surface area (Å²) in [6.45, 7) is 0. The zero-order valence-electron chi connectivity index (χ0n) is 6.54. The first-order valence-corrected chi connectivity index (χ1v) is 4.06. The molecule has 0 unspecified atom stereocenters. The van der Waals surface area contributed by atoms with Gasteiger partial charge in [0.2, 0.25) is 0 Å². The fourth-order valence-electron chi connectivity index (χ4n) is 1.79. The van der Waals surface area contributed by atoms with Crippen LogP contribution < -0.4 is 0 Å². The van der Waals surface area contributed by atoms with Gasteiger partial charge >= 0.3 is 0 Å². The van der Waals surface area contributed by atoms with E-state index in [2.05, 4.69) is 36.4 Å². The van der Waals surface area contributed by atoms with Crippen molar-refractivity contribution in [3.05, 3.63) is 47.5 Å². The van der Waals surface area contributed by atoms with Crippen LogP contribution in [0.15, 0.2) is 30.3 Å². The topological polar surface area (TPSA) is 0 Å². The Bertz CT molecular complexity index is 438. The molecule has 0 saturated heterocycles. The van der Waals surface area contributed by atoms with E-state index in [9.17, 15) is 0 Å². The zero-order chi connectivity index (χ0) is 7.97. The summed E-state index contributed by atoms with van der Waals surface area (Å²) in [6.07, 6.45) is 4.31. The summed E-state index contributed by atoms with van der Waals surface area (Å²) in [7, 11) is 0. The summed E-state index contributed by atoms with van der Waals surface area (Å²) in [6, 6.07) is 13.6. The van der Waals surface area contributed by atoms with Crippen molar-refractivity contribution in [3.63, 3.8) is 0 Å². The molecule has 0 bridgehead atoms. The van der Waals surface area contributed by atoms with Gasteiger partial charge in [-0.25, -0.2) is 0 Å². The van der Waals surface area contributed by atoms with Gasteiger partial charge in [0.05, 0.1) is 0 Å². The molecule has 2 aromatic rings. The van der Waals surface area contributed by atoms with Crippen LogP contribution in [0.1, 0.15) is 11.1 Å². The molecule has 3 rings (SSSR count). The Morgan fingerprint density at radius 3 is 2.83 bits per heavy atom. The van der Waals surface area contributed by atoms with E-state index in [-0.39, 0.29) is 0 Å². The molecule has 0 heterocycles. The first kappa shape index (κ1) is 6.01. The maximum absolute atomic E-state index is 3.14. The van der Waals surface area contributed by atoms with E-state index in [4.69, 9.17) is 0 Å². The first-order chi connectivity index (χ1) is 5.95. The summed E-state index contributed by atoms with van der Waals surface area (Å²) < 4.78 is 0. The van der Waals surface area contributed by atoms with E-state index < -0.39 is 0 Å². The highest BCUT2D eigenvalue weighted by atomic mass is 14.1. The van der Waals surface area contributed by atoms with Crippen LogP contribution in [0.4, 0.5) is 0 Å². The molecule has 0 amide bonds. The number of hydrogen-bond donors (Lipinski definition) is 0. The molecule has 1 aliphatic rings. The van der Waals surface area contributed by atoms with E-state index in [1.807, 2.05) is 12.1 Å². The van der Waals surface area contributed by atoms with Crippen molar-refractivity contribution in [1.82, 2.24) is 0 Å². The smallest absolute Gasteiger partial charge is 0.00384 e. The molecule has 55 valence electrons. The van der Waals surface area contributed by atoms with Gasteiger partial charge in [0, 0.05) is 0 Å². The van der Waals surface area contributed by atoms with Crippen molar-refractivity contribution < 1.29 is 0 Å². The van der Waals surface area contributed by atoms with Crippen molar-refractivity contribution in [2.45, 2.75) is 0 Å². The monoisotopic (exact) mass is 151 g/mol. The van der Waals surface area contributed by atoms with Gasteiger partial charge in [0.25, 0.3) is 0 Å². The molecular weight excluding hydrogens is 144 g/mol. The fourth-order valence-corrected chi connectivity index (χ4v) is 1.79. The lowest BCUT2D eigenvalue weighted by Gasteiger charge is -1.99. The number of benzene rings is 2. The summed E-state index contributed by atoms with van der Waals surface area (Å²) in [5.74, 6) is 0. The Balaban J connectivity index is 2.64. The largest absolute Gasteiger partial charge is 0.0610 e. The predicted molar refractivity (Wildman–Crippen MR) is 51.7 cm³/mol. The molecule has 1 radical (unpaired) electrons. The highest BCUT2D eigenvalue weighted by Crippen LogP contribution is 2.30. The van der Waals surface area contributed by atoms with Crippen LogP contribution in [-0.4, -0.2) is 0 Å². The molecule has 0 nitrogen and oxygen atoms in total. The first-order valence-electron chi connectivity index (χ1n) is 4.06. The Hall–Kier alpha value is -1.56. The summed E-state index contributed by atoms with van der Waals surface area (Å²) in [4.78, 5) is 0. The van der Waals surface area contributed by atoms with Crippen molar-refractivity contribution >= 4 is 22.9 Å². The highest BCUT2D eigenvalue weighted by molar-refractivity contribution is 6.04. The fraction of sp³-hybridized carbons (Fsp3) is 0. The second-order valence-corrected chi connectivity index (χ2v) is 3.06. The molecule has 1 aliphatic carbocycles. The molecule has 0 N–H and O–H groups in total. The molecule has 0 saturated carbocycles. The average Bonchev–Trinajstić information content (AvgIpc) is 2.52. The van der Waals surface area contributed by atoms with Gasteiger partial charge in [-0.15, -0.1) is 0 Å². The molecule has 0 aromatic heterocycles. The summed E-state index contributed by atoms with van der Waals surface area (Å²) in [5, 5.41) is 2.66. The van der Waals surface area contributed by atoms with Gasteiger partial charge in [-0.05, 0) is 40.1 Å². The van der Waals surface area contributed by atoms with Gasteiger partial charge in [0.1, 0.15) is 0 Å². The van der Waals surface area contributed by atoms with Gasteiger partial charge < -0.3 is 0 Å². The molecule has 0 spiro atoms. The molecule has 2 aromatic carbocycles. The lowest BCUT2D eigenvalue weighted by molar-refractivity contribution is 1.71. The quantitative estimate of drug-likeness (QED) is 0.463. The van der Waals surface area contributed by atoms with Crippen molar-refractivity contribution in [2.75, 3.05) is 0 Å². The summed E-state index contributed by atoms with van der Waals surface area (Å²) in [5.41, 5.74) is 2.62. The minimum atomic E-state index is 1.29. The Morgan fingerprint density at radius 1 is 0.917 bits per heavy atom. The number of rotatable bonds is 0. The third-order valence-corrected chi connectivity index (χ3v) is 2.34. The van der Waals surface area contributed by atoms with Crippen LogP contribution in [-0.2, 0) is 0 Å². The second-order valence-electron chi connectivity index (χ2n) is 3.06. The Labute approximate surface area is 71.1 Å². The summed E-state index contributed by atoms with van der Waals surface area (Å²) >= 11 is 0. The third kappa shape index (κ3) is 0.620. The molecular formula is C12H7. The number of hydrogen-bond acceptors (Lipinski definition) is 0. The van der Waals surface area contributed by atoms with Crippen LogP contribution in [0.25, 0.3) is 22.9 Å². The van der Waals surface area contributed by atoms with Crippen molar-refractivity contribution in [2.24, 2.45) is 0 Å². The maximum atomic E-state index is 3.14. The van der Waals surface area contributed by atoms with Crippen molar-refractivity contribution in [3.8, 4) is 0 Å². The lowest BCUT2D eigenvalue weighted by Crippen LogP contribution is -1.76. The predicted octanol–water partition coefficient (Wildman–Crippen LogP) is 3.12. The molecule has 12 heavy (non-hydrogen) atoms. The lowest BCUT2D eigenvalue weighted by atomic mass is 10.0. The second kappa shape index (κ2) is 1.98. The van der Waals surface area contributed by atoms with Gasteiger partial charge in [-0.2, -0.15) is 0 Å². The van der Waals surface area contributed by atoms with Gasteiger partial charge in [0.15, 0.2) is 0 Å². The highest BCUT2D eigenvalue weighted by Gasteiger charge is 2.06. The Kier molecular flexibility index (Phi) is 0.991. The van der Waals surface area contributed by atoms with E-state index in [1.54, 1.807) is 0 Å². The third-order valence-electron chi connectivity index (χ3n) is 2.34. The van der Waals surface area contributed by atoms with E-state index in [1.165, 1.54) is 21.9 Å². The maximum Gasteiger partial charge on any atom is -0.00384 e. The molecule has 0 atom stereocenters. The zero-order valence-corrected chi connectivity index (χ0v) is 6.54. The van der Waals surface area contributed by atoms with E-state index in [0.717, 1.165) is 0 Å². The van der Waals surface area contributed by atoms with E-state index >= 15 is 0 Å². The molecule has 0 heteroatoms. The molecule has 0 fully saturated rings. The standard InChI is InChI=1S/C12H7/c1-3-9-4-2-6-11-8-7-10(5-1)12(9)11/h1,3-8H. The average molecular weight is 151 g/mol. The minimum Gasteiger partial charge on any atom is -0.0610 e. The van der Waals surface area contributed by atoms with Crippen molar-refractivity contribution in [1.29, 1.82) is 0 Å². The van der Waals surface area contributed by atoms with Crippen LogP contribution in [0, 0.1) is 6.07 Å². The van der Waals surface area contributed by atoms with Crippen LogP contribution in [0.3, 0.4) is 0 Å². The Morgan fingerprint density at radius 2 is 1.83 bits per heavy atom. The van der Waals surface area contributed by atoms with Gasteiger partial charge in [-0.1, -0.05) is 30.4 Å². The SMILES string of the molecule is [c]1cc2c3c(cccc3c1)C=C2. The van der Waals surface area contributed by atoms with Crippen LogP contribution in [0.5, 0.6) is 0 Å². The van der Waals surface area contributed by atoms with Crippen LogP contribution in [0.2, 0.25) is 0 Å². The minimum absolute atomic E-state index is 1.29. The van der Waals surface area contributed by atoms with Gasteiger partial charge in [-0.3, -0.25) is 0 Å².